The lowest BCUT2D eigenvalue weighted by atomic mass is 9.92. The van der Waals surface area contributed by atoms with Gasteiger partial charge in [0, 0.05) is 12.1 Å². The molecule has 1 aliphatic rings. The molecule has 1 fully saturated rings. The number of nitrogens with zero attached hydrogens (tertiary/aromatic N) is 1. The number of thiazole rings is 1. The number of rotatable bonds is 2. The maximum Gasteiger partial charge on any atom is 0.167 e. The zero-order chi connectivity index (χ0) is 12.0. The molecule has 6 heteroatoms. The van der Waals surface area contributed by atoms with Crippen LogP contribution in [-0.4, -0.2) is 22.3 Å². The first-order valence-electron chi connectivity index (χ1n) is 5.24. The number of hydrogen-bond acceptors (Lipinski definition) is 4. The highest BCUT2D eigenvalue weighted by Crippen LogP contribution is 2.33. The second-order valence-electron chi connectivity index (χ2n) is 4.02. The van der Waals surface area contributed by atoms with E-state index in [1.807, 2.05) is 0 Å². The SMILES string of the molecule is O[C@@H]1CC[C@@H]1Oc1cc2sc(Br)nc2cc1F. The molecule has 0 radical (unpaired) electrons. The van der Waals surface area contributed by atoms with Gasteiger partial charge in [-0.3, -0.25) is 0 Å². The molecular weight excluding hydrogens is 309 g/mol. The molecule has 1 aliphatic carbocycles. The molecule has 3 rings (SSSR count). The molecule has 2 atom stereocenters. The largest absolute Gasteiger partial charge is 0.485 e. The van der Waals surface area contributed by atoms with Crippen LogP contribution in [0.3, 0.4) is 0 Å². The molecule has 0 aliphatic heterocycles. The number of benzene rings is 1. The molecule has 0 saturated heterocycles. The minimum atomic E-state index is -0.474. The van der Waals surface area contributed by atoms with Crippen LogP contribution >= 0.6 is 27.3 Å². The minimum Gasteiger partial charge on any atom is -0.485 e. The summed E-state index contributed by atoms with van der Waals surface area (Å²) in [6, 6.07) is 3.00. The molecule has 0 bridgehead atoms. The quantitative estimate of drug-likeness (QED) is 0.925. The van der Waals surface area contributed by atoms with Crippen molar-refractivity contribution < 1.29 is 14.2 Å². The topological polar surface area (TPSA) is 42.4 Å². The van der Waals surface area contributed by atoms with Gasteiger partial charge < -0.3 is 9.84 Å². The zero-order valence-corrected chi connectivity index (χ0v) is 11.1. The van der Waals surface area contributed by atoms with Crippen molar-refractivity contribution in [1.29, 1.82) is 0 Å². The molecule has 1 aromatic carbocycles. The van der Waals surface area contributed by atoms with E-state index in [1.165, 1.54) is 17.4 Å². The van der Waals surface area contributed by atoms with E-state index in [9.17, 15) is 9.50 Å². The molecule has 1 N–H and O–H groups in total. The number of aliphatic hydroxyl groups is 1. The molecule has 90 valence electrons. The smallest absolute Gasteiger partial charge is 0.167 e. The fraction of sp³-hybridized carbons (Fsp3) is 0.364. The van der Waals surface area contributed by atoms with Crippen LogP contribution in [0.4, 0.5) is 4.39 Å². The third-order valence-electron chi connectivity index (χ3n) is 2.87. The van der Waals surface area contributed by atoms with Crippen LogP contribution in [0.25, 0.3) is 10.2 Å². The Morgan fingerprint density at radius 1 is 1.47 bits per heavy atom. The second-order valence-corrected chi connectivity index (χ2v) is 6.32. The molecule has 0 amide bonds. The number of aliphatic hydroxyl groups excluding tert-OH is 1. The third-order valence-corrected chi connectivity index (χ3v) is 4.34. The van der Waals surface area contributed by atoms with Crippen LogP contribution < -0.4 is 4.74 Å². The first-order valence-corrected chi connectivity index (χ1v) is 6.85. The summed E-state index contributed by atoms with van der Waals surface area (Å²) in [5.74, 6) is -0.244. The van der Waals surface area contributed by atoms with E-state index in [2.05, 4.69) is 20.9 Å². The van der Waals surface area contributed by atoms with E-state index >= 15 is 0 Å². The Bertz CT molecular complexity index is 574. The van der Waals surface area contributed by atoms with E-state index in [0.717, 1.165) is 17.5 Å². The summed E-state index contributed by atoms with van der Waals surface area (Å²) < 4.78 is 20.7. The maximum atomic E-state index is 13.7. The van der Waals surface area contributed by atoms with Gasteiger partial charge in [0.15, 0.2) is 15.5 Å². The standard InChI is InChI=1S/C11H9BrFNO2S/c12-11-14-6-3-5(13)9(4-10(6)17-11)16-8-2-1-7(8)15/h3-4,7-8,15H,1-2H2/t7-,8+/m1/s1. The Hall–Kier alpha value is -0.720. The fourth-order valence-electron chi connectivity index (χ4n) is 1.74. The number of fused-ring (bicyclic) bond motifs is 1. The van der Waals surface area contributed by atoms with Crippen molar-refractivity contribution in [3.05, 3.63) is 21.9 Å². The molecule has 1 heterocycles. The summed E-state index contributed by atoms with van der Waals surface area (Å²) >= 11 is 4.69. The van der Waals surface area contributed by atoms with Gasteiger partial charge in [-0.05, 0) is 28.8 Å². The maximum absolute atomic E-state index is 13.7. The van der Waals surface area contributed by atoms with Crippen molar-refractivity contribution in [2.24, 2.45) is 0 Å². The molecule has 17 heavy (non-hydrogen) atoms. The van der Waals surface area contributed by atoms with Crippen molar-refractivity contribution in [1.82, 2.24) is 4.98 Å². The summed E-state index contributed by atoms with van der Waals surface area (Å²) in [5, 5.41) is 9.41. The highest BCUT2D eigenvalue weighted by atomic mass is 79.9. The van der Waals surface area contributed by atoms with E-state index < -0.39 is 11.9 Å². The normalized spacial score (nSPS) is 23.7. The molecule has 3 nitrogen and oxygen atoms in total. The van der Waals surface area contributed by atoms with Crippen LogP contribution in [0, 0.1) is 5.82 Å². The number of hydrogen-bond donors (Lipinski definition) is 1. The van der Waals surface area contributed by atoms with Crippen molar-refractivity contribution >= 4 is 37.5 Å². The monoisotopic (exact) mass is 317 g/mol. The number of halogens is 2. The number of ether oxygens (including phenoxy) is 1. The lowest BCUT2D eigenvalue weighted by molar-refractivity contribution is -0.0376. The van der Waals surface area contributed by atoms with Gasteiger partial charge in [-0.1, -0.05) is 0 Å². The summed E-state index contributed by atoms with van der Waals surface area (Å²) in [6.07, 6.45) is 0.739. The van der Waals surface area contributed by atoms with Crippen LogP contribution in [0.15, 0.2) is 16.0 Å². The van der Waals surface area contributed by atoms with Crippen LogP contribution in [0.5, 0.6) is 5.75 Å². The van der Waals surface area contributed by atoms with E-state index in [-0.39, 0.29) is 11.9 Å². The molecule has 0 unspecified atom stereocenters. The van der Waals surface area contributed by atoms with Gasteiger partial charge >= 0.3 is 0 Å². The highest BCUT2D eigenvalue weighted by Gasteiger charge is 2.31. The summed E-state index contributed by atoms with van der Waals surface area (Å²) in [4.78, 5) is 4.13. The van der Waals surface area contributed by atoms with Crippen molar-refractivity contribution in [2.75, 3.05) is 0 Å². The first-order chi connectivity index (χ1) is 8.13. The lowest BCUT2D eigenvalue weighted by Crippen LogP contribution is -2.41. The van der Waals surface area contributed by atoms with Gasteiger partial charge in [0.1, 0.15) is 6.10 Å². The average molecular weight is 318 g/mol. The van der Waals surface area contributed by atoms with Gasteiger partial charge in [0.25, 0.3) is 0 Å². The Morgan fingerprint density at radius 2 is 2.29 bits per heavy atom. The third kappa shape index (κ3) is 2.05. The van der Waals surface area contributed by atoms with Crippen LogP contribution in [-0.2, 0) is 0 Å². The fourth-order valence-corrected chi connectivity index (χ4v) is 3.16. The first kappa shape index (κ1) is 11.4. The van der Waals surface area contributed by atoms with Gasteiger partial charge in [0.2, 0.25) is 0 Å². The average Bonchev–Trinajstić information content (AvgIpc) is 2.63. The summed E-state index contributed by atoms with van der Waals surface area (Å²) in [5.41, 5.74) is 0.612. The molecule has 2 aromatic rings. The van der Waals surface area contributed by atoms with Gasteiger partial charge in [-0.15, -0.1) is 11.3 Å². The Balaban J connectivity index is 1.95. The Kier molecular flexibility index (Phi) is 2.80. The van der Waals surface area contributed by atoms with Crippen molar-refractivity contribution in [2.45, 2.75) is 25.0 Å². The molecule has 1 aromatic heterocycles. The summed E-state index contributed by atoms with van der Waals surface area (Å²) in [6.45, 7) is 0. The van der Waals surface area contributed by atoms with Crippen molar-refractivity contribution in [3.8, 4) is 5.75 Å². The highest BCUT2D eigenvalue weighted by molar-refractivity contribution is 9.11. The van der Waals surface area contributed by atoms with Crippen molar-refractivity contribution in [3.63, 3.8) is 0 Å². The lowest BCUT2D eigenvalue weighted by Gasteiger charge is -2.32. The van der Waals surface area contributed by atoms with Gasteiger partial charge in [-0.2, -0.15) is 0 Å². The molecular formula is C11H9BrFNO2S. The molecule has 1 saturated carbocycles. The predicted molar refractivity (Wildman–Crippen MR) is 66.9 cm³/mol. The number of aromatic nitrogens is 1. The minimum absolute atomic E-state index is 0.192. The van der Waals surface area contributed by atoms with E-state index in [0.29, 0.717) is 9.43 Å². The zero-order valence-electron chi connectivity index (χ0n) is 8.69. The van der Waals surface area contributed by atoms with E-state index in [1.54, 1.807) is 6.07 Å². The second kappa shape index (κ2) is 4.19. The van der Waals surface area contributed by atoms with Crippen LogP contribution in [0.1, 0.15) is 12.8 Å². The van der Waals surface area contributed by atoms with E-state index in [4.69, 9.17) is 4.74 Å². The molecule has 0 spiro atoms. The summed E-state index contributed by atoms with van der Waals surface area (Å²) in [7, 11) is 0. The van der Waals surface area contributed by atoms with Gasteiger partial charge in [-0.25, -0.2) is 9.37 Å². The Morgan fingerprint density at radius 3 is 2.94 bits per heavy atom. The Labute approximate surface area is 109 Å². The van der Waals surface area contributed by atoms with Gasteiger partial charge in [0.05, 0.1) is 16.3 Å². The van der Waals surface area contributed by atoms with Crippen LogP contribution in [0.2, 0.25) is 0 Å². The predicted octanol–water partition coefficient (Wildman–Crippen LogP) is 3.10.